The maximum Gasteiger partial charge on any atom is 0.220 e. The monoisotopic (exact) mass is 381 g/mol. The molecule has 0 aliphatic carbocycles. The van der Waals surface area contributed by atoms with Gasteiger partial charge in [-0.2, -0.15) is 0 Å². The summed E-state index contributed by atoms with van der Waals surface area (Å²) in [6.07, 6.45) is 6.49. The first-order valence-electron chi connectivity index (χ1n) is 10.4. The molecule has 0 spiro atoms. The summed E-state index contributed by atoms with van der Waals surface area (Å²) < 4.78 is 0. The molecule has 1 aliphatic heterocycles. The predicted octanol–water partition coefficient (Wildman–Crippen LogP) is 3.61. The predicted molar refractivity (Wildman–Crippen MR) is 113 cm³/mol. The van der Waals surface area contributed by atoms with E-state index in [0.717, 1.165) is 62.5 Å². The topological polar surface area (TPSA) is 70.2 Å². The molecule has 0 bridgehead atoms. The summed E-state index contributed by atoms with van der Waals surface area (Å²) in [5.74, 6) is 2.64. The third-order valence-electron chi connectivity index (χ3n) is 5.26. The molecule has 0 atom stereocenters. The molecule has 1 fully saturated rings. The van der Waals surface area contributed by atoms with Crippen molar-refractivity contribution in [3.63, 3.8) is 0 Å². The van der Waals surface area contributed by atoms with E-state index in [4.69, 9.17) is 0 Å². The van der Waals surface area contributed by atoms with Gasteiger partial charge in [-0.25, -0.2) is 9.97 Å². The van der Waals surface area contributed by atoms with E-state index in [1.54, 1.807) is 6.33 Å². The van der Waals surface area contributed by atoms with Gasteiger partial charge in [-0.3, -0.25) is 4.79 Å². The highest BCUT2D eigenvalue weighted by Crippen LogP contribution is 2.25. The molecule has 1 aromatic carbocycles. The van der Waals surface area contributed by atoms with Crippen LogP contribution < -0.4 is 15.5 Å². The van der Waals surface area contributed by atoms with Crippen molar-refractivity contribution < 1.29 is 4.79 Å². The molecule has 3 rings (SSSR count). The Morgan fingerprint density at radius 1 is 1.18 bits per heavy atom. The van der Waals surface area contributed by atoms with E-state index in [2.05, 4.69) is 32.4 Å². The SMILES string of the molecule is CCCNc1cc(N2CCC(CCC(=O)NCc3ccccc3)CC2)ncn1. The number of carbonyl (C=O) groups is 1. The fourth-order valence-electron chi connectivity index (χ4n) is 3.54. The van der Waals surface area contributed by atoms with E-state index >= 15 is 0 Å². The Morgan fingerprint density at radius 3 is 2.71 bits per heavy atom. The summed E-state index contributed by atoms with van der Waals surface area (Å²) in [4.78, 5) is 23.2. The standard InChI is InChI=1S/C22H31N5O/c1-2-12-23-20-15-21(26-17-25-20)27-13-10-18(11-14-27)8-9-22(28)24-16-19-6-4-3-5-7-19/h3-7,15,17-18H,2,8-14,16H2,1H3,(H,24,28)(H,23,25,26). The van der Waals surface area contributed by atoms with Crippen LogP contribution >= 0.6 is 0 Å². The minimum absolute atomic E-state index is 0.147. The molecular weight excluding hydrogens is 350 g/mol. The van der Waals surface area contributed by atoms with Crippen LogP contribution in [-0.2, 0) is 11.3 Å². The summed E-state index contributed by atoms with van der Waals surface area (Å²) in [7, 11) is 0. The van der Waals surface area contributed by atoms with Gasteiger partial charge in [0.15, 0.2) is 0 Å². The average Bonchev–Trinajstić information content (AvgIpc) is 2.76. The summed E-state index contributed by atoms with van der Waals surface area (Å²) in [5, 5.41) is 6.34. The van der Waals surface area contributed by atoms with Crippen LogP contribution in [0.15, 0.2) is 42.7 Å². The highest BCUT2D eigenvalue weighted by molar-refractivity contribution is 5.75. The Morgan fingerprint density at radius 2 is 1.96 bits per heavy atom. The molecule has 6 nitrogen and oxygen atoms in total. The van der Waals surface area contributed by atoms with Crippen LogP contribution in [0.5, 0.6) is 0 Å². The third kappa shape index (κ3) is 6.22. The number of rotatable bonds is 9. The lowest BCUT2D eigenvalue weighted by atomic mass is 9.92. The van der Waals surface area contributed by atoms with Crippen molar-refractivity contribution in [2.75, 3.05) is 29.9 Å². The Labute approximate surface area is 167 Å². The van der Waals surface area contributed by atoms with E-state index in [0.29, 0.717) is 18.9 Å². The van der Waals surface area contributed by atoms with Crippen molar-refractivity contribution in [2.45, 2.75) is 45.6 Å². The van der Waals surface area contributed by atoms with Crippen LogP contribution in [0.4, 0.5) is 11.6 Å². The lowest BCUT2D eigenvalue weighted by molar-refractivity contribution is -0.121. The molecular formula is C22H31N5O. The molecule has 2 N–H and O–H groups in total. The molecule has 1 aliphatic rings. The summed E-state index contributed by atoms with van der Waals surface area (Å²) in [6, 6.07) is 12.1. The van der Waals surface area contributed by atoms with E-state index in [1.807, 2.05) is 36.4 Å². The zero-order chi connectivity index (χ0) is 19.6. The first-order valence-corrected chi connectivity index (χ1v) is 10.4. The van der Waals surface area contributed by atoms with Gasteiger partial charge in [0.05, 0.1) is 0 Å². The van der Waals surface area contributed by atoms with Gasteiger partial charge in [-0.1, -0.05) is 37.3 Å². The second kappa shape index (κ2) is 10.6. The molecule has 2 aromatic rings. The van der Waals surface area contributed by atoms with E-state index < -0.39 is 0 Å². The van der Waals surface area contributed by atoms with Crippen LogP contribution in [0.1, 0.15) is 44.6 Å². The fraction of sp³-hybridized carbons (Fsp3) is 0.500. The number of hydrogen-bond donors (Lipinski definition) is 2. The molecule has 1 aromatic heterocycles. The van der Waals surface area contributed by atoms with Gasteiger partial charge in [0.25, 0.3) is 0 Å². The van der Waals surface area contributed by atoms with Crippen molar-refractivity contribution in [1.29, 1.82) is 0 Å². The Bertz CT molecular complexity index is 729. The molecule has 6 heteroatoms. The van der Waals surface area contributed by atoms with Gasteiger partial charge in [-0.15, -0.1) is 0 Å². The van der Waals surface area contributed by atoms with Crippen LogP contribution in [-0.4, -0.2) is 35.5 Å². The van der Waals surface area contributed by atoms with Gasteiger partial charge in [-0.05, 0) is 37.2 Å². The van der Waals surface area contributed by atoms with Gasteiger partial charge in [0, 0.05) is 38.7 Å². The summed E-state index contributed by atoms with van der Waals surface area (Å²) in [5.41, 5.74) is 1.14. The number of hydrogen-bond acceptors (Lipinski definition) is 5. The Balaban J connectivity index is 1.37. The van der Waals surface area contributed by atoms with Gasteiger partial charge in [0.1, 0.15) is 18.0 Å². The van der Waals surface area contributed by atoms with Crippen LogP contribution in [0, 0.1) is 5.92 Å². The van der Waals surface area contributed by atoms with Crippen molar-refractivity contribution in [1.82, 2.24) is 15.3 Å². The number of aromatic nitrogens is 2. The first kappa shape index (κ1) is 20.1. The third-order valence-corrected chi connectivity index (χ3v) is 5.26. The maximum absolute atomic E-state index is 12.1. The number of nitrogens with one attached hydrogen (secondary N) is 2. The smallest absolute Gasteiger partial charge is 0.220 e. The molecule has 150 valence electrons. The van der Waals surface area contributed by atoms with Gasteiger partial charge in [0.2, 0.25) is 5.91 Å². The molecule has 1 saturated heterocycles. The first-order chi connectivity index (χ1) is 13.7. The average molecular weight is 382 g/mol. The molecule has 2 heterocycles. The Hall–Kier alpha value is -2.63. The molecule has 28 heavy (non-hydrogen) atoms. The number of benzene rings is 1. The number of nitrogens with zero attached hydrogens (tertiary/aromatic N) is 3. The quantitative estimate of drug-likeness (QED) is 0.694. The second-order valence-electron chi connectivity index (χ2n) is 7.42. The number of amides is 1. The largest absolute Gasteiger partial charge is 0.370 e. The minimum Gasteiger partial charge on any atom is -0.370 e. The van der Waals surface area contributed by atoms with Crippen molar-refractivity contribution in [2.24, 2.45) is 5.92 Å². The Kier molecular flexibility index (Phi) is 7.64. The second-order valence-corrected chi connectivity index (χ2v) is 7.42. The summed E-state index contributed by atoms with van der Waals surface area (Å²) >= 11 is 0. The fourth-order valence-corrected chi connectivity index (χ4v) is 3.54. The minimum atomic E-state index is 0.147. The van der Waals surface area contributed by atoms with E-state index in [-0.39, 0.29) is 5.91 Å². The highest BCUT2D eigenvalue weighted by Gasteiger charge is 2.21. The van der Waals surface area contributed by atoms with E-state index in [9.17, 15) is 4.79 Å². The van der Waals surface area contributed by atoms with Crippen LogP contribution in [0.25, 0.3) is 0 Å². The zero-order valence-electron chi connectivity index (χ0n) is 16.7. The normalized spacial score (nSPS) is 14.7. The van der Waals surface area contributed by atoms with Crippen LogP contribution in [0.2, 0.25) is 0 Å². The van der Waals surface area contributed by atoms with Crippen molar-refractivity contribution in [3.05, 3.63) is 48.3 Å². The number of carbonyl (C=O) groups excluding carboxylic acids is 1. The lowest BCUT2D eigenvalue weighted by Crippen LogP contribution is -2.34. The van der Waals surface area contributed by atoms with Gasteiger partial charge >= 0.3 is 0 Å². The molecule has 0 radical (unpaired) electrons. The molecule has 1 amide bonds. The zero-order valence-corrected chi connectivity index (χ0v) is 16.7. The highest BCUT2D eigenvalue weighted by atomic mass is 16.1. The maximum atomic E-state index is 12.1. The lowest BCUT2D eigenvalue weighted by Gasteiger charge is -2.32. The molecule has 0 unspecified atom stereocenters. The number of anilines is 2. The molecule has 0 saturated carbocycles. The van der Waals surface area contributed by atoms with Gasteiger partial charge < -0.3 is 15.5 Å². The van der Waals surface area contributed by atoms with Crippen LogP contribution in [0.3, 0.4) is 0 Å². The van der Waals surface area contributed by atoms with E-state index in [1.165, 1.54) is 0 Å². The number of piperidine rings is 1. The van der Waals surface area contributed by atoms with Crippen molar-refractivity contribution in [3.8, 4) is 0 Å². The van der Waals surface area contributed by atoms with Crippen molar-refractivity contribution >= 4 is 17.5 Å². The summed E-state index contributed by atoms with van der Waals surface area (Å²) in [6.45, 7) is 5.65.